The number of imide groups is 1. The maximum Gasteiger partial charge on any atom is 0.252 e. The summed E-state index contributed by atoms with van der Waals surface area (Å²) in [6, 6.07) is 15.2. The molecule has 2 amide bonds. The standard InChI is InChI=1S/C22H26N2O3/c1-15(2)17-6-8-18(9-7-17)23-20-14-21(25)24(22(20)26)13-12-16-4-10-19(27-3)11-5-16/h4-11,15,20,23H,12-14H2,1-3H3. The van der Waals surface area contributed by atoms with Crippen LogP contribution in [0.4, 0.5) is 5.69 Å². The van der Waals surface area contributed by atoms with Gasteiger partial charge in [-0.2, -0.15) is 0 Å². The summed E-state index contributed by atoms with van der Waals surface area (Å²) in [5.74, 6) is 0.980. The first-order valence-corrected chi connectivity index (χ1v) is 9.31. The van der Waals surface area contributed by atoms with Crippen LogP contribution < -0.4 is 10.1 Å². The largest absolute Gasteiger partial charge is 0.497 e. The second kappa shape index (κ2) is 8.25. The molecule has 0 radical (unpaired) electrons. The second-order valence-electron chi connectivity index (χ2n) is 7.16. The second-order valence-corrected chi connectivity index (χ2v) is 7.16. The van der Waals surface area contributed by atoms with Gasteiger partial charge < -0.3 is 10.1 Å². The smallest absolute Gasteiger partial charge is 0.252 e. The minimum absolute atomic E-state index is 0.121. The number of rotatable bonds is 7. The lowest BCUT2D eigenvalue weighted by atomic mass is 10.0. The molecule has 1 unspecified atom stereocenters. The van der Waals surface area contributed by atoms with Crippen molar-refractivity contribution in [3.05, 3.63) is 59.7 Å². The van der Waals surface area contributed by atoms with Crippen LogP contribution in [0.25, 0.3) is 0 Å². The Morgan fingerprint density at radius 1 is 1.07 bits per heavy atom. The Bertz CT molecular complexity index is 797. The fourth-order valence-electron chi connectivity index (χ4n) is 3.23. The zero-order valence-corrected chi connectivity index (χ0v) is 16.1. The van der Waals surface area contributed by atoms with E-state index in [0.29, 0.717) is 18.9 Å². The van der Waals surface area contributed by atoms with Crippen molar-refractivity contribution in [1.29, 1.82) is 0 Å². The van der Waals surface area contributed by atoms with E-state index in [1.807, 2.05) is 36.4 Å². The van der Waals surface area contributed by atoms with E-state index in [-0.39, 0.29) is 18.2 Å². The highest BCUT2D eigenvalue weighted by atomic mass is 16.5. The maximum atomic E-state index is 12.6. The molecule has 0 aromatic heterocycles. The van der Waals surface area contributed by atoms with E-state index in [1.165, 1.54) is 10.5 Å². The van der Waals surface area contributed by atoms with Crippen molar-refractivity contribution >= 4 is 17.5 Å². The van der Waals surface area contributed by atoms with Crippen LogP contribution in [-0.4, -0.2) is 36.4 Å². The molecule has 2 aromatic carbocycles. The number of hydrogen-bond acceptors (Lipinski definition) is 4. The predicted octanol–water partition coefficient (Wildman–Crippen LogP) is 3.60. The van der Waals surface area contributed by atoms with Gasteiger partial charge in [0.05, 0.1) is 13.5 Å². The third-order valence-electron chi connectivity index (χ3n) is 4.95. The molecule has 5 nitrogen and oxygen atoms in total. The number of likely N-dealkylation sites (tertiary alicyclic amines) is 1. The molecular formula is C22H26N2O3. The molecule has 1 saturated heterocycles. The van der Waals surface area contributed by atoms with Gasteiger partial charge >= 0.3 is 0 Å². The predicted molar refractivity (Wildman–Crippen MR) is 106 cm³/mol. The molecule has 1 fully saturated rings. The number of anilines is 1. The first-order chi connectivity index (χ1) is 13.0. The third-order valence-corrected chi connectivity index (χ3v) is 4.95. The van der Waals surface area contributed by atoms with E-state index >= 15 is 0 Å². The minimum Gasteiger partial charge on any atom is -0.497 e. The molecule has 1 heterocycles. The zero-order chi connectivity index (χ0) is 19.4. The van der Waals surface area contributed by atoms with Crippen LogP contribution >= 0.6 is 0 Å². The summed E-state index contributed by atoms with van der Waals surface area (Å²) in [4.78, 5) is 26.3. The Morgan fingerprint density at radius 3 is 2.33 bits per heavy atom. The fourth-order valence-corrected chi connectivity index (χ4v) is 3.23. The van der Waals surface area contributed by atoms with Crippen molar-refractivity contribution in [3.8, 4) is 5.75 Å². The van der Waals surface area contributed by atoms with Gasteiger partial charge in [0, 0.05) is 12.2 Å². The van der Waals surface area contributed by atoms with E-state index < -0.39 is 6.04 Å². The van der Waals surface area contributed by atoms with Crippen molar-refractivity contribution < 1.29 is 14.3 Å². The molecule has 27 heavy (non-hydrogen) atoms. The van der Waals surface area contributed by atoms with Crippen molar-refractivity contribution in [1.82, 2.24) is 4.90 Å². The number of carbonyl (C=O) groups excluding carboxylic acids is 2. The molecule has 0 aliphatic carbocycles. The fraction of sp³-hybridized carbons (Fsp3) is 0.364. The number of nitrogens with zero attached hydrogens (tertiary/aromatic N) is 1. The summed E-state index contributed by atoms with van der Waals surface area (Å²) in [6.07, 6.45) is 0.838. The van der Waals surface area contributed by atoms with Gasteiger partial charge in [-0.1, -0.05) is 38.1 Å². The molecule has 1 aliphatic heterocycles. The third kappa shape index (κ3) is 4.48. The van der Waals surface area contributed by atoms with Gasteiger partial charge in [-0.15, -0.1) is 0 Å². The number of ether oxygens (including phenoxy) is 1. The highest BCUT2D eigenvalue weighted by molar-refractivity contribution is 6.06. The van der Waals surface area contributed by atoms with Crippen LogP contribution in [-0.2, 0) is 16.0 Å². The molecule has 0 saturated carbocycles. The molecule has 2 aromatic rings. The van der Waals surface area contributed by atoms with E-state index in [9.17, 15) is 9.59 Å². The normalized spacial score (nSPS) is 16.9. The monoisotopic (exact) mass is 366 g/mol. The van der Waals surface area contributed by atoms with Crippen molar-refractivity contribution in [2.75, 3.05) is 19.0 Å². The molecular weight excluding hydrogens is 340 g/mol. The van der Waals surface area contributed by atoms with Crippen LogP contribution in [0.15, 0.2) is 48.5 Å². The van der Waals surface area contributed by atoms with E-state index in [1.54, 1.807) is 7.11 Å². The highest BCUT2D eigenvalue weighted by Crippen LogP contribution is 2.22. The molecule has 1 atom stereocenters. The lowest BCUT2D eigenvalue weighted by Crippen LogP contribution is -2.36. The Morgan fingerprint density at radius 2 is 1.74 bits per heavy atom. The topological polar surface area (TPSA) is 58.6 Å². The first-order valence-electron chi connectivity index (χ1n) is 9.31. The molecule has 1 N–H and O–H groups in total. The van der Waals surface area contributed by atoms with E-state index in [0.717, 1.165) is 17.0 Å². The van der Waals surface area contributed by atoms with E-state index in [2.05, 4.69) is 31.3 Å². The van der Waals surface area contributed by atoms with Gasteiger partial charge in [-0.05, 0) is 47.7 Å². The lowest BCUT2D eigenvalue weighted by Gasteiger charge is -2.16. The molecule has 0 spiro atoms. The Hall–Kier alpha value is -2.82. The SMILES string of the molecule is COc1ccc(CCN2C(=O)CC(Nc3ccc(C(C)C)cc3)C2=O)cc1. The van der Waals surface area contributed by atoms with Crippen LogP contribution in [0.3, 0.4) is 0 Å². The van der Waals surface area contributed by atoms with Crippen molar-refractivity contribution in [2.45, 2.75) is 38.6 Å². The van der Waals surface area contributed by atoms with Crippen molar-refractivity contribution in [3.63, 3.8) is 0 Å². The Balaban J connectivity index is 1.58. The lowest BCUT2D eigenvalue weighted by molar-refractivity contribution is -0.138. The summed E-state index contributed by atoms with van der Waals surface area (Å²) in [5.41, 5.74) is 3.18. The van der Waals surface area contributed by atoms with Crippen LogP contribution in [0.1, 0.15) is 37.3 Å². The number of carbonyl (C=O) groups is 2. The summed E-state index contributed by atoms with van der Waals surface area (Å²) in [7, 11) is 1.63. The van der Waals surface area contributed by atoms with Crippen LogP contribution in [0.5, 0.6) is 5.75 Å². The molecule has 142 valence electrons. The number of methoxy groups -OCH3 is 1. The van der Waals surface area contributed by atoms with Gasteiger partial charge in [-0.25, -0.2) is 0 Å². The maximum absolute atomic E-state index is 12.6. The number of hydrogen-bond donors (Lipinski definition) is 1. The van der Waals surface area contributed by atoms with E-state index in [4.69, 9.17) is 4.74 Å². The average Bonchev–Trinajstić information content (AvgIpc) is 2.94. The van der Waals surface area contributed by atoms with Gasteiger partial charge in [0.15, 0.2) is 0 Å². The molecule has 1 aliphatic rings. The molecule has 0 bridgehead atoms. The number of amides is 2. The quantitative estimate of drug-likeness (QED) is 0.761. The van der Waals surface area contributed by atoms with Crippen molar-refractivity contribution in [2.24, 2.45) is 0 Å². The van der Waals surface area contributed by atoms with Crippen LogP contribution in [0.2, 0.25) is 0 Å². The Labute approximate surface area is 160 Å². The average molecular weight is 366 g/mol. The number of nitrogens with one attached hydrogen (secondary N) is 1. The van der Waals surface area contributed by atoms with Crippen LogP contribution in [0, 0.1) is 0 Å². The van der Waals surface area contributed by atoms with Gasteiger partial charge in [0.1, 0.15) is 11.8 Å². The summed E-state index contributed by atoms with van der Waals surface area (Å²) < 4.78 is 5.15. The summed E-state index contributed by atoms with van der Waals surface area (Å²) in [6.45, 7) is 4.68. The first kappa shape index (κ1) is 19.0. The number of benzene rings is 2. The Kier molecular flexibility index (Phi) is 5.79. The van der Waals surface area contributed by atoms with Gasteiger partial charge in [0.25, 0.3) is 5.91 Å². The van der Waals surface area contributed by atoms with Gasteiger partial charge in [0.2, 0.25) is 5.91 Å². The van der Waals surface area contributed by atoms with Gasteiger partial charge in [-0.3, -0.25) is 14.5 Å². The minimum atomic E-state index is -0.488. The zero-order valence-electron chi connectivity index (χ0n) is 16.1. The highest BCUT2D eigenvalue weighted by Gasteiger charge is 2.38. The molecule has 5 heteroatoms. The molecule has 3 rings (SSSR count). The summed E-state index contributed by atoms with van der Waals surface area (Å²) in [5, 5.41) is 3.20. The summed E-state index contributed by atoms with van der Waals surface area (Å²) >= 11 is 0.